The van der Waals surface area contributed by atoms with Crippen molar-refractivity contribution in [3.63, 3.8) is 0 Å². The lowest BCUT2D eigenvalue weighted by atomic mass is 9.97. The Kier molecular flexibility index (Phi) is 7.76. The van der Waals surface area contributed by atoms with E-state index in [1.165, 1.54) is 24.0 Å². The summed E-state index contributed by atoms with van der Waals surface area (Å²) in [5.74, 6) is 1.26. The Labute approximate surface area is 198 Å². The zero-order valence-corrected chi connectivity index (χ0v) is 19.5. The average Bonchev–Trinajstić information content (AvgIpc) is 2.81. The van der Waals surface area contributed by atoms with Crippen LogP contribution in [0.1, 0.15) is 48.0 Å². The number of benzene rings is 2. The average molecular weight is 470 g/mol. The Hall–Kier alpha value is -2.44. The molecule has 168 valence electrons. The molecule has 0 saturated carbocycles. The van der Waals surface area contributed by atoms with Crippen LogP contribution in [-0.2, 0) is 10.5 Å². The number of hydrogen-bond acceptors (Lipinski definition) is 4. The second-order valence-corrected chi connectivity index (χ2v) is 9.67. The highest BCUT2D eigenvalue weighted by Gasteiger charge is 2.26. The number of hydrogen-bond donors (Lipinski definition) is 3. The highest BCUT2D eigenvalue weighted by Crippen LogP contribution is 2.29. The SMILES string of the molecule is O=C(NCCC1=CCCCC1)c1ccc2c(c1)NC(=O)C(CSCc1ccc(Cl)cc1)N2. The lowest BCUT2D eigenvalue weighted by molar-refractivity contribution is -0.116. The van der Waals surface area contributed by atoms with Gasteiger partial charge in [0, 0.05) is 28.6 Å². The van der Waals surface area contributed by atoms with Gasteiger partial charge in [0.1, 0.15) is 6.04 Å². The third-order valence-electron chi connectivity index (χ3n) is 5.77. The van der Waals surface area contributed by atoms with Crippen molar-refractivity contribution in [2.45, 2.75) is 43.9 Å². The third kappa shape index (κ3) is 6.08. The maximum Gasteiger partial charge on any atom is 0.251 e. The minimum atomic E-state index is -0.316. The van der Waals surface area contributed by atoms with E-state index in [9.17, 15) is 9.59 Å². The molecule has 0 radical (unpaired) electrons. The molecule has 2 aromatic rings. The Bertz CT molecular complexity index is 1010. The van der Waals surface area contributed by atoms with Crippen LogP contribution in [0.5, 0.6) is 0 Å². The van der Waals surface area contributed by atoms with Crippen LogP contribution in [0.25, 0.3) is 0 Å². The number of carbonyl (C=O) groups is 2. The predicted octanol–water partition coefficient (Wildman–Crippen LogP) is 5.63. The molecule has 3 N–H and O–H groups in total. The van der Waals surface area contributed by atoms with Gasteiger partial charge in [-0.3, -0.25) is 9.59 Å². The summed E-state index contributed by atoms with van der Waals surface area (Å²) < 4.78 is 0. The van der Waals surface area contributed by atoms with Crippen LogP contribution in [0.3, 0.4) is 0 Å². The molecule has 0 saturated heterocycles. The Morgan fingerprint density at radius 1 is 1.12 bits per heavy atom. The van der Waals surface area contributed by atoms with Gasteiger partial charge >= 0.3 is 0 Å². The first-order chi connectivity index (χ1) is 15.6. The number of allylic oxidation sites excluding steroid dienone is 1. The fourth-order valence-corrected chi connectivity index (χ4v) is 5.09. The molecule has 5 nitrogen and oxygen atoms in total. The topological polar surface area (TPSA) is 70.2 Å². The fourth-order valence-electron chi connectivity index (χ4n) is 3.95. The summed E-state index contributed by atoms with van der Waals surface area (Å²) in [5.41, 5.74) is 4.66. The van der Waals surface area contributed by atoms with Crippen molar-refractivity contribution in [3.05, 3.63) is 70.3 Å². The minimum Gasteiger partial charge on any atom is -0.371 e. The molecule has 0 bridgehead atoms. The Balaban J connectivity index is 1.28. The van der Waals surface area contributed by atoms with E-state index in [0.717, 1.165) is 35.7 Å². The minimum absolute atomic E-state index is 0.0806. The molecule has 0 aromatic heterocycles. The Morgan fingerprint density at radius 2 is 1.97 bits per heavy atom. The lowest BCUT2D eigenvalue weighted by Gasteiger charge is -2.27. The molecule has 2 amide bonds. The number of fused-ring (bicyclic) bond motifs is 1. The number of halogens is 1. The molecule has 1 unspecified atom stereocenters. The quantitative estimate of drug-likeness (QED) is 0.438. The van der Waals surface area contributed by atoms with Crippen LogP contribution < -0.4 is 16.0 Å². The van der Waals surface area contributed by atoms with Crippen molar-refractivity contribution in [1.29, 1.82) is 0 Å². The number of carbonyl (C=O) groups excluding carboxylic acids is 2. The maximum absolute atomic E-state index is 12.6. The first-order valence-corrected chi connectivity index (χ1v) is 12.6. The van der Waals surface area contributed by atoms with Gasteiger partial charge in [0.05, 0.1) is 11.4 Å². The van der Waals surface area contributed by atoms with Crippen molar-refractivity contribution in [3.8, 4) is 0 Å². The number of rotatable bonds is 8. The van der Waals surface area contributed by atoms with Crippen molar-refractivity contribution in [2.75, 3.05) is 22.9 Å². The van der Waals surface area contributed by atoms with Crippen LogP contribution >= 0.6 is 23.4 Å². The van der Waals surface area contributed by atoms with E-state index in [1.807, 2.05) is 30.3 Å². The highest BCUT2D eigenvalue weighted by atomic mass is 35.5. The van der Waals surface area contributed by atoms with Crippen LogP contribution in [0.15, 0.2) is 54.1 Å². The zero-order chi connectivity index (χ0) is 22.3. The van der Waals surface area contributed by atoms with E-state index in [2.05, 4.69) is 22.0 Å². The first kappa shape index (κ1) is 22.7. The van der Waals surface area contributed by atoms with Gasteiger partial charge in [-0.05, 0) is 68.0 Å². The number of thioether (sulfide) groups is 1. The lowest BCUT2D eigenvalue weighted by Crippen LogP contribution is -2.40. The monoisotopic (exact) mass is 469 g/mol. The maximum atomic E-state index is 12.6. The van der Waals surface area contributed by atoms with Gasteiger partial charge < -0.3 is 16.0 Å². The summed E-state index contributed by atoms with van der Waals surface area (Å²) >= 11 is 7.62. The molecule has 0 fully saturated rings. The smallest absolute Gasteiger partial charge is 0.251 e. The fraction of sp³-hybridized carbons (Fsp3) is 0.360. The molecular formula is C25H28ClN3O2S. The van der Waals surface area contributed by atoms with Gasteiger partial charge in [0.2, 0.25) is 5.91 Å². The van der Waals surface area contributed by atoms with Crippen molar-refractivity contribution in [2.24, 2.45) is 0 Å². The number of amides is 2. The molecule has 2 aliphatic rings. The predicted molar refractivity (Wildman–Crippen MR) is 134 cm³/mol. The first-order valence-electron chi connectivity index (χ1n) is 11.1. The number of nitrogens with one attached hydrogen (secondary N) is 3. The second kappa shape index (κ2) is 10.9. The summed E-state index contributed by atoms with van der Waals surface area (Å²) in [5, 5.41) is 9.97. The van der Waals surface area contributed by atoms with Gasteiger partial charge in [0.25, 0.3) is 5.91 Å². The summed E-state index contributed by atoms with van der Waals surface area (Å²) in [7, 11) is 0. The molecular weight excluding hydrogens is 442 g/mol. The summed E-state index contributed by atoms with van der Waals surface area (Å²) in [6.45, 7) is 0.638. The molecule has 2 aromatic carbocycles. The molecule has 1 atom stereocenters. The molecule has 7 heteroatoms. The van der Waals surface area contributed by atoms with E-state index in [-0.39, 0.29) is 17.9 Å². The molecule has 0 spiro atoms. The van der Waals surface area contributed by atoms with Gasteiger partial charge in [-0.2, -0.15) is 11.8 Å². The third-order valence-corrected chi connectivity index (χ3v) is 7.13. The van der Waals surface area contributed by atoms with Gasteiger partial charge in [-0.25, -0.2) is 0 Å². The van der Waals surface area contributed by atoms with Crippen LogP contribution in [-0.4, -0.2) is 30.2 Å². The van der Waals surface area contributed by atoms with Gasteiger partial charge in [-0.1, -0.05) is 35.4 Å². The van der Waals surface area contributed by atoms with Crippen molar-refractivity contribution in [1.82, 2.24) is 5.32 Å². The highest BCUT2D eigenvalue weighted by molar-refractivity contribution is 7.98. The van der Waals surface area contributed by atoms with Crippen LogP contribution in [0.4, 0.5) is 11.4 Å². The van der Waals surface area contributed by atoms with Crippen molar-refractivity contribution < 1.29 is 9.59 Å². The van der Waals surface area contributed by atoms with E-state index in [4.69, 9.17) is 11.6 Å². The summed E-state index contributed by atoms with van der Waals surface area (Å²) in [6.07, 6.45) is 8.03. The van der Waals surface area contributed by atoms with Gasteiger partial charge in [-0.15, -0.1) is 0 Å². The normalized spacial score (nSPS) is 17.6. The number of anilines is 2. The zero-order valence-electron chi connectivity index (χ0n) is 18.0. The van der Waals surface area contributed by atoms with E-state index >= 15 is 0 Å². The largest absolute Gasteiger partial charge is 0.371 e. The molecule has 4 rings (SSSR count). The van der Waals surface area contributed by atoms with E-state index in [1.54, 1.807) is 23.9 Å². The molecule has 1 aliphatic carbocycles. The van der Waals surface area contributed by atoms with Crippen LogP contribution in [0, 0.1) is 0 Å². The van der Waals surface area contributed by atoms with Crippen LogP contribution in [0.2, 0.25) is 5.02 Å². The summed E-state index contributed by atoms with van der Waals surface area (Å²) in [4.78, 5) is 25.1. The second-order valence-electron chi connectivity index (χ2n) is 8.20. The summed E-state index contributed by atoms with van der Waals surface area (Å²) in [6, 6.07) is 12.8. The standard InChI is InChI=1S/C25H28ClN3O2S/c26-20-9-6-18(7-10-20)15-32-16-23-25(31)29-22-14-19(8-11-21(22)28-23)24(30)27-13-12-17-4-2-1-3-5-17/h4,6-11,14,23,28H,1-3,5,12-13,15-16H2,(H,27,30)(H,29,31). The molecule has 32 heavy (non-hydrogen) atoms. The van der Waals surface area contributed by atoms with E-state index < -0.39 is 0 Å². The molecule has 1 heterocycles. The van der Waals surface area contributed by atoms with E-state index in [0.29, 0.717) is 23.5 Å². The van der Waals surface area contributed by atoms with Crippen molar-refractivity contribution >= 4 is 46.6 Å². The Morgan fingerprint density at radius 3 is 2.75 bits per heavy atom. The van der Waals surface area contributed by atoms with Gasteiger partial charge in [0.15, 0.2) is 0 Å². The molecule has 1 aliphatic heterocycles.